The highest BCUT2D eigenvalue weighted by atomic mass is 19.1. The Labute approximate surface area is 81.6 Å². The van der Waals surface area contributed by atoms with E-state index in [9.17, 15) is 4.39 Å². The van der Waals surface area contributed by atoms with Gasteiger partial charge in [-0.05, 0) is 18.9 Å². The molecule has 0 spiro atoms. The van der Waals surface area contributed by atoms with E-state index in [1.54, 1.807) is 0 Å². The van der Waals surface area contributed by atoms with Crippen LogP contribution >= 0.6 is 0 Å². The largest absolute Gasteiger partial charge is 0.481 e. The first kappa shape index (κ1) is 9.12. The van der Waals surface area contributed by atoms with Gasteiger partial charge < -0.3 is 4.74 Å². The Morgan fingerprint density at radius 3 is 3.00 bits per heavy atom. The first-order chi connectivity index (χ1) is 6.81. The normalized spacial score (nSPS) is 15.4. The number of ether oxygens (including phenoxy) is 1. The summed E-state index contributed by atoms with van der Waals surface area (Å²) < 4.78 is 18.0. The van der Waals surface area contributed by atoms with Crippen LogP contribution in [-0.4, -0.2) is 24.4 Å². The molecule has 0 radical (unpaired) electrons. The molecule has 0 saturated carbocycles. The van der Waals surface area contributed by atoms with E-state index < -0.39 is 0 Å². The summed E-state index contributed by atoms with van der Waals surface area (Å²) >= 11 is 0. The van der Waals surface area contributed by atoms with E-state index in [1.165, 1.54) is 13.2 Å². The van der Waals surface area contributed by atoms with Gasteiger partial charge in [0.1, 0.15) is 5.82 Å². The van der Waals surface area contributed by atoms with Crippen molar-refractivity contribution in [2.24, 2.45) is 4.99 Å². The van der Waals surface area contributed by atoms with Gasteiger partial charge in [-0.1, -0.05) is 0 Å². The van der Waals surface area contributed by atoms with Gasteiger partial charge in [0.2, 0.25) is 5.88 Å². The summed E-state index contributed by atoms with van der Waals surface area (Å²) in [5.41, 5.74) is 1.58. The van der Waals surface area contributed by atoms with Crippen LogP contribution in [0.15, 0.2) is 17.3 Å². The molecule has 0 bridgehead atoms. The van der Waals surface area contributed by atoms with Crippen LogP contribution in [0.2, 0.25) is 0 Å². The molecule has 2 heterocycles. The maximum absolute atomic E-state index is 13.0. The van der Waals surface area contributed by atoms with Crippen molar-refractivity contribution in [3.8, 4) is 5.88 Å². The number of hydrogen-bond acceptors (Lipinski definition) is 3. The van der Waals surface area contributed by atoms with Gasteiger partial charge in [0.05, 0.1) is 18.9 Å². The molecule has 1 aliphatic rings. The highest BCUT2D eigenvalue weighted by Gasteiger charge is 2.15. The fraction of sp³-hybridized carbons (Fsp3) is 0.400. The summed E-state index contributed by atoms with van der Waals surface area (Å²) in [5.74, 6) is 0.0995. The van der Waals surface area contributed by atoms with Crippen molar-refractivity contribution in [3.63, 3.8) is 0 Å². The number of aliphatic imine (C=N–C) groups is 1. The first-order valence-electron chi connectivity index (χ1n) is 4.54. The zero-order valence-electron chi connectivity index (χ0n) is 7.96. The minimum atomic E-state index is -0.351. The predicted octanol–water partition coefficient (Wildman–Crippen LogP) is 1.81. The minimum absolute atomic E-state index is 0.351. The third kappa shape index (κ3) is 1.60. The van der Waals surface area contributed by atoms with Crippen LogP contribution in [0.5, 0.6) is 5.88 Å². The Hall–Kier alpha value is -1.45. The summed E-state index contributed by atoms with van der Waals surface area (Å²) in [6, 6.07) is 1.43. The Morgan fingerprint density at radius 2 is 2.36 bits per heavy atom. The summed E-state index contributed by atoms with van der Waals surface area (Å²) in [6.07, 6.45) is 3.05. The van der Waals surface area contributed by atoms with Crippen LogP contribution in [0.3, 0.4) is 0 Å². The Bertz CT molecular complexity index is 376. The quantitative estimate of drug-likeness (QED) is 0.719. The molecule has 14 heavy (non-hydrogen) atoms. The molecule has 1 aromatic rings. The lowest BCUT2D eigenvalue weighted by Crippen LogP contribution is -2.02. The molecule has 1 aliphatic heterocycles. The number of rotatable bonds is 2. The van der Waals surface area contributed by atoms with Gasteiger partial charge in [-0.3, -0.25) is 4.99 Å². The fourth-order valence-electron chi connectivity index (χ4n) is 1.56. The van der Waals surface area contributed by atoms with Crippen LogP contribution in [0.25, 0.3) is 0 Å². The summed E-state index contributed by atoms with van der Waals surface area (Å²) in [7, 11) is 1.53. The average molecular weight is 194 g/mol. The van der Waals surface area contributed by atoms with Crippen LogP contribution in [0.4, 0.5) is 4.39 Å². The van der Waals surface area contributed by atoms with Gasteiger partial charge in [0.25, 0.3) is 0 Å². The number of hydrogen-bond donors (Lipinski definition) is 0. The van der Waals surface area contributed by atoms with Crippen LogP contribution in [0.1, 0.15) is 18.4 Å². The average Bonchev–Trinajstić information content (AvgIpc) is 2.70. The molecule has 74 valence electrons. The lowest BCUT2D eigenvalue weighted by molar-refractivity contribution is 0.395. The molecule has 2 rings (SSSR count). The molecule has 0 aliphatic carbocycles. The van der Waals surface area contributed by atoms with Gasteiger partial charge in [-0.15, -0.1) is 0 Å². The molecular weight excluding hydrogens is 183 g/mol. The number of halogens is 1. The Balaban J connectivity index is 2.43. The van der Waals surface area contributed by atoms with Gasteiger partial charge >= 0.3 is 0 Å². The number of aromatic nitrogens is 1. The molecule has 0 unspecified atom stereocenters. The number of nitrogens with zero attached hydrogens (tertiary/aromatic N) is 2. The zero-order valence-corrected chi connectivity index (χ0v) is 7.96. The van der Waals surface area contributed by atoms with Crippen molar-refractivity contribution in [2.45, 2.75) is 12.8 Å². The van der Waals surface area contributed by atoms with Crippen molar-refractivity contribution in [2.75, 3.05) is 13.7 Å². The third-order valence-electron chi connectivity index (χ3n) is 2.20. The van der Waals surface area contributed by atoms with E-state index >= 15 is 0 Å². The van der Waals surface area contributed by atoms with E-state index in [0.717, 1.165) is 31.3 Å². The van der Waals surface area contributed by atoms with Crippen molar-refractivity contribution in [3.05, 3.63) is 23.6 Å². The topological polar surface area (TPSA) is 34.5 Å². The van der Waals surface area contributed by atoms with E-state index in [1.807, 2.05) is 0 Å². The second kappa shape index (κ2) is 3.74. The molecule has 0 atom stereocenters. The summed E-state index contributed by atoms with van der Waals surface area (Å²) in [6.45, 7) is 0.814. The monoisotopic (exact) mass is 194 g/mol. The standard InChI is InChI=1S/C10H11FN2O/c1-14-10-8(5-7(11)6-13-10)9-3-2-4-12-9/h5-6H,2-4H2,1H3. The molecule has 0 saturated heterocycles. The second-order valence-corrected chi connectivity index (χ2v) is 3.14. The van der Waals surface area contributed by atoms with Gasteiger partial charge in [0, 0.05) is 12.3 Å². The molecule has 0 N–H and O–H groups in total. The second-order valence-electron chi connectivity index (χ2n) is 3.14. The molecule has 0 amide bonds. The Kier molecular flexibility index (Phi) is 2.43. The fourth-order valence-corrected chi connectivity index (χ4v) is 1.56. The third-order valence-corrected chi connectivity index (χ3v) is 2.20. The molecule has 3 nitrogen and oxygen atoms in total. The van der Waals surface area contributed by atoms with E-state index in [-0.39, 0.29) is 5.82 Å². The number of methoxy groups -OCH3 is 1. The SMILES string of the molecule is COc1ncc(F)cc1C1=NCCC1. The lowest BCUT2D eigenvalue weighted by atomic mass is 10.1. The van der Waals surface area contributed by atoms with Crippen LogP contribution in [0, 0.1) is 5.82 Å². The van der Waals surface area contributed by atoms with Crippen molar-refractivity contribution >= 4 is 5.71 Å². The predicted molar refractivity (Wildman–Crippen MR) is 51.4 cm³/mol. The summed E-state index contributed by atoms with van der Waals surface area (Å²) in [4.78, 5) is 8.15. The molecule has 0 aromatic carbocycles. The van der Waals surface area contributed by atoms with Crippen molar-refractivity contribution < 1.29 is 9.13 Å². The Morgan fingerprint density at radius 1 is 1.50 bits per heavy atom. The van der Waals surface area contributed by atoms with Crippen molar-refractivity contribution in [1.82, 2.24) is 4.98 Å². The van der Waals surface area contributed by atoms with E-state index in [0.29, 0.717) is 11.4 Å². The highest BCUT2D eigenvalue weighted by molar-refractivity contribution is 6.03. The highest BCUT2D eigenvalue weighted by Crippen LogP contribution is 2.21. The maximum Gasteiger partial charge on any atom is 0.222 e. The number of pyridine rings is 1. The minimum Gasteiger partial charge on any atom is -0.481 e. The van der Waals surface area contributed by atoms with Crippen LogP contribution < -0.4 is 4.74 Å². The summed E-state index contributed by atoms with van der Waals surface area (Å²) in [5, 5.41) is 0. The van der Waals surface area contributed by atoms with Gasteiger partial charge in [0.15, 0.2) is 0 Å². The molecule has 1 aromatic heterocycles. The van der Waals surface area contributed by atoms with Crippen LogP contribution in [-0.2, 0) is 0 Å². The molecule has 0 fully saturated rings. The molecule has 4 heteroatoms. The van der Waals surface area contributed by atoms with Gasteiger partial charge in [-0.2, -0.15) is 0 Å². The lowest BCUT2D eigenvalue weighted by Gasteiger charge is -2.06. The van der Waals surface area contributed by atoms with E-state index in [4.69, 9.17) is 4.74 Å². The zero-order chi connectivity index (χ0) is 9.97. The smallest absolute Gasteiger partial charge is 0.222 e. The van der Waals surface area contributed by atoms with Crippen molar-refractivity contribution in [1.29, 1.82) is 0 Å². The first-order valence-corrected chi connectivity index (χ1v) is 4.54. The molecular formula is C10H11FN2O. The van der Waals surface area contributed by atoms with E-state index in [2.05, 4.69) is 9.98 Å². The van der Waals surface area contributed by atoms with Gasteiger partial charge in [-0.25, -0.2) is 9.37 Å². The maximum atomic E-state index is 13.0.